The van der Waals surface area contributed by atoms with Gasteiger partial charge < -0.3 is 10.6 Å². The summed E-state index contributed by atoms with van der Waals surface area (Å²) >= 11 is 0. The summed E-state index contributed by atoms with van der Waals surface area (Å²) in [6.07, 6.45) is 4.63. The van der Waals surface area contributed by atoms with E-state index in [2.05, 4.69) is 15.3 Å². The number of nitrogens with two attached hydrogens (primary N) is 1. The molecule has 110 valence electrons. The highest BCUT2D eigenvalue weighted by molar-refractivity contribution is 5.95. The molecule has 0 unspecified atom stereocenters. The Bertz CT molecular complexity index is 688. The number of carbonyl (C=O) groups is 2. The van der Waals surface area contributed by atoms with E-state index in [-0.39, 0.29) is 11.9 Å². The molecule has 0 saturated carbocycles. The van der Waals surface area contributed by atoms with Crippen molar-refractivity contribution in [1.29, 1.82) is 0 Å². The fourth-order valence-corrected chi connectivity index (χ4v) is 2.79. The molecule has 0 bridgehead atoms. The summed E-state index contributed by atoms with van der Waals surface area (Å²) in [6, 6.07) is 1.47. The number of nitrogens with zero attached hydrogens (tertiary/aromatic N) is 4. The van der Waals surface area contributed by atoms with Crippen LogP contribution in [0.3, 0.4) is 0 Å². The molecule has 3 N–H and O–H groups in total. The molecule has 1 fully saturated rings. The number of amides is 2. The minimum Gasteiger partial charge on any atom is -0.365 e. The van der Waals surface area contributed by atoms with Gasteiger partial charge in [0.1, 0.15) is 5.69 Å². The Morgan fingerprint density at radius 3 is 2.95 bits per heavy atom. The van der Waals surface area contributed by atoms with Crippen molar-refractivity contribution in [3.8, 4) is 0 Å². The fourth-order valence-electron chi connectivity index (χ4n) is 2.79. The second kappa shape index (κ2) is 5.04. The highest BCUT2D eigenvalue weighted by Crippen LogP contribution is 2.33. The molecule has 2 aromatic heterocycles. The van der Waals surface area contributed by atoms with Gasteiger partial charge in [0.25, 0.3) is 11.8 Å². The van der Waals surface area contributed by atoms with E-state index in [0.29, 0.717) is 23.5 Å². The van der Waals surface area contributed by atoms with Crippen LogP contribution in [0.2, 0.25) is 0 Å². The van der Waals surface area contributed by atoms with E-state index in [0.717, 1.165) is 12.8 Å². The second-order valence-electron chi connectivity index (χ2n) is 5.06. The minimum absolute atomic E-state index is 0.109. The second-order valence-corrected chi connectivity index (χ2v) is 5.06. The Balaban J connectivity index is 1.93. The third-order valence-corrected chi connectivity index (χ3v) is 3.82. The predicted molar refractivity (Wildman–Crippen MR) is 73.3 cm³/mol. The van der Waals surface area contributed by atoms with Crippen LogP contribution in [0.4, 0.5) is 0 Å². The van der Waals surface area contributed by atoms with E-state index in [1.165, 1.54) is 6.20 Å². The molecule has 0 spiro atoms. The lowest BCUT2D eigenvalue weighted by Gasteiger charge is -2.24. The first-order valence-electron chi connectivity index (χ1n) is 6.71. The highest BCUT2D eigenvalue weighted by atomic mass is 16.2. The number of hydrogen-bond donors (Lipinski definition) is 2. The maximum atomic E-state index is 12.6. The van der Waals surface area contributed by atoms with Crippen molar-refractivity contribution in [3.63, 3.8) is 0 Å². The van der Waals surface area contributed by atoms with Gasteiger partial charge in [0.2, 0.25) is 0 Å². The van der Waals surface area contributed by atoms with Crippen molar-refractivity contribution in [2.24, 2.45) is 12.8 Å². The SMILES string of the molecule is Cn1nccc1C(=O)N1CCC[C@H]1c1[nH]ncc1C(N)=O. The monoisotopic (exact) mass is 288 g/mol. The van der Waals surface area contributed by atoms with Gasteiger partial charge in [0.05, 0.1) is 23.5 Å². The summed E-state index contributed by atoms with van der Waals surface area (Å²) in [7, 11) is 1.73. The Morgan fingerprint density at radius 2 is 2.29 bits per heavy atom. The first-order valence-corrected chi connectivity index (χ1v) is 6.71. The van der Waals surface area contributed by atoms with E-state index in [9.17, 15) is 9.59 Å². The summed E-state index contributed by atoms with van der Waals surface area (Å²) in [6.45, 7) is 0.631. The lowest BCUT2D eigenvalue weighted by molar-refractivity contribution is 0.0719. The van der Waals surface area contributed by atoms with Crippen LogP contribution >= 0.6 is 0 Å². The molecule has 2 aromatic rings. The van der Waals surface area contributed by atoms with Gasteiger partial charge in [-0.15, -0.1) is 0 Å². The number of hydrogen-bond acceptors (Lipinski definition) is 4. The van der Waals surface area contributed by atoms with Crippen LogP contribution in [-0.4, -0.2) is 43.2 Å². The van der Waals surface area contributed by atoms with Gasteiger partial charge in [-0.2, -0.15) is 10.2 Å². The van der Waals surface area contributed by atoms with E-state index >= 15 is 0 Å². The number of aromatic nitrogens is 4. The van der Waals surface area contributed by atoms with Crippen LogP contribution in [0, 0.1) is 0 Å². The van der Waals surface area contributed by atoms with Gasteiger partial charge in [0.15, 0.2) is 0 Å². The standard InChI is InChI=1S/C13H16N6O2/c1-18-10(4-5-16-18)13(21)19-6-2-3-9(19)11-8(12(14)20)7-15-17-11/h4-5,7,9H,2-3,6H2,1H3,(H2,14,20)(H,15,17)/t9-/m0/s1. The smallest absolute Gasteiger partial charge is 0.272 e. The van der Waals surface area contributed by atoms with Gasteiger partial charge in [-0.25, -0.2) is 0 Å². The zero-order valence-electron chi connectivity index (χ0n) is 11.6. The number of H-pyrrole nitrogens is 1. The maximum absolute atomic E-state index is 12.6. The van der Waals surface area contributed by atoms with Crippen LogP contribution in [0.25, 0.3) is 0 Å². The molecule has 0 aliphatic carbocycles. The van der Waals surface area contributed by atoms with Crippen LogP contribution in [0.1, 0.15) is 45.4 Å². The molecule has 0 radical (unpaired) electrons. The van der Waals surface area contributed by atoms with Crippen LogP contribution in [-0.2, 0) is 7.05 Å². The number of primary amides is 1. The quantitative estimate of drug-likeness (QED) is 0.841. The Labute approximate surface area is 120 Å². The van der Waals surface area contributed by atoms with E-state index in [4.69, 9.17) is 5.73 Å². The van der Waals surface area contributed by atoms with Crippen molar-refractivity contribution in [2.45, 2.75) is 18.9 Å². The molecule has 8 heteroatoms. The minimum atomic E-state index is -0.543. The molecule has 8 nitrogen and oxygen atoms in total. The molecule has 1 aliphatic heterocycles. The molecular weight excluding hydrogens is 272 g/mol. The van der Waals surface area contributed by atoms with Gasteiger partial charge in [-0.1, -0.05) is 0 Å². The summed E-state index contributed by atoms with van der Waals surface area (Å²) in [5.74, 6) is -0.652. The highest BCUT2D eigenvalue weighted by Gasteiger charge is 2.34. The summed E-state index contributed by atoms with van der Waals surface area (Å²) in [5.41, 5.74) is 6.81. The molecule has 0 aromatic carbocycles. The van der Waals surface area contributed by atoms with Crippen LogP contribution < -0.4 is 5.73 Å². The molecule has 3 heterocycles. The zero-order chi connectivity index (χ0) is 15.0. The summed E-state index contributed by atoms with van der Waals surface area (Å²) < 4.78 is 1.54. The summed E-state index contributed by atoms with van der Waals surface area (Å²) in [4.78, 5) is 25.8. The number of likely N-dealkylation sites (tertiary alicyclic amines) is 1. The zero-order valence-corrected chi connectivity index (χ0v) is 11.6. The van der Waals surface area contributed by atoms with E-state index in [1.54, 1.807) is 28.9 Å². The fraction of sp³-hybridized carbons (Fsp3) is 0.385. The number of carbonyl (C=O) groups excluding carboxylic acids is 2. The third-order valence-electron chi connectivity index (χ3n) is 3.82. The Kier molecular flexibility index (Phi) is 3.20. The maximum Gasteiger partial charge on any atom is 0.272 e. The molecule has 3 rings (SSSR count). The average molecular weight is 288 g/mol. The lowest BCUT2D eigenvalue weighted by Crippen LogP contribution is -2.33. The van der Waals surface area contributed by atoms with Crippen molar-refractivity contribution in [2.75, 3.05) is 6.54 Å². The molecule has 2 amide bonds. The largest absolute Gasteiger partial charge is 0.365 e. The van der Waals surface area contributed by atoms with Crippen molar-refractivity contribution in [1.82, 2.24) is 24.9 Å². The topological polar surface area (TPSA) is 110 Å². The number of aromatic amines is 1. The molecule has 21 heavy (non-hydrogen) atoms. The number of rotatable bonds is 3. The van der Waals surface area contributed by atoms with Gasteiger partial charge >= 0.3 is 0 Å². The first-order chi connectivity index (χ1) is 10.1. The third kappa shape index (κ3) is 2.18. The predicted octanol–water partition coefficient (Wildman–Crippen LogP) is 0.219. The normalized spacial score (nSPS) is 18.1. The number of aryl methyl sites for hydroxylation is 1. The van der Waals surface area contributed by atoms with Crippen molar-refractivity contribution < 1.29 is 9.59 Å². The molecule has 1 atom stereocenters. The Hall–Kier alpha value is -2.64. The lowest BCUT2D eigenvalue weighted by atomic mass is 10.1. The van der Waals surface area contributed by atoms with Gasteiger partial charge in [-0.3, -0.25) is 19.4 Å². The van der Waals surface area contributed by atoms with Crippen LogP contribution in [0.5, 0.6) is 0 Å². The van der Waals surface area contributed by atoms with Crippen LogP contribution in [0.15, 0.2) is 18.5 Å². The van der Waals surface area contributed by atoms with Crippen molar-refractivity contribution >= 4 is 11.8 Å². The van der Waals surface area contributed by atoms with E-state index < -0.39 is 5.91 Å². The van der Waals surface area contributed by atoms with Gasteiger partial charge in [0, 0.05) is 19.8 Å². The first kappa shape index (κ1) is 13.3. The van der Waals surface area contributed by atoms with Gasteiger partial charge in [-0.05, 0) is 18.9 Å². The molecule has 1 saturated heterocycles. The molecular formula is C13H16N6O2. The Morgan fingerprint density at radius 1 is 1.48 bits per heavy atom. The summed E-state index contributed by atoms with van der Waals surface area (Å²) in [5, 5.41) is 10.7. The average Bonchev–Trinajstić information content (AvgIpc) is 3.17. The van der Waals surface area contributed by atoms with Crippen molar-refractivity contribution in [3.05, 3.63) is 35.4 Å². The molecule has 1 aliphatic rings. The van der Waals surface area contributed by atoms with E-state index in [1.807, 2.05) is 0 Å². The number of nitrogens with one attached hydrogen (secondary N) is 1.